The Morgan fingerprint density at radius 2 is 1.39 bits per heavy atom. The number of hydrogen-bond donors (Lipinski definition) is 0. The van der Waals surface area contributed by atoms with E-state index in [0.717, 1.165) is 12.7 Å². The van der Waals surface area contributed by atoms with Gasteiger partial charge in [0, 0.05) is 6.54 Å². The van der Waals surface area contributed by atoms with Crippen LogP contribution in [0.4, 0.5) is 0 Å². The van der Waals surface area contributed by atoms with Crippen LogP contribution in [-0.2, 0) is 0 Å². The number of rotatable bonds is 5. The first-order valence-electron chi connectivity index (χ1n) is 6.24. The molecule has 2 rings (SSSR count). The number of nitrogens with zero attached hydrogens (tertiary/aromatic N) is 1. The van der Waals surface area contributed by atoms with Crippen LogP contribution in [0.5, 0.6) is 0 Å². The van der Waals surface area contributed by atoms with Crippen molar-refractivity contribution >= 4 is 24.7 Å². The third-order valence-corrected chi connectivity index (χ3v) is 5.26. The van der Waals surface area contributed by atoms with Gasteiger partial charge in [-0.3, -0.25) is 4.99 Å². The van der Waals surface area contributed by atoms with Gasteiger partial charge in [0.25, 0.3) is 0 Å². The smallest absolute Gasteiger partial charge is 0.0430 e. The fourth-order valence-electron chi connectivity index (χ4n) is 1.91. The summed E-state index contributed by atoms with van der Waals surface area (Å²) >= 11 is 0. The third-order valence-electron chi connectivity index (χ3n) is 2.77. The minimum absolute atomic E-state index is 0.276. The van der Waals surface area contributed by atoms with E-state index >= 15 is 0 Å². The van der Waals surface area contributed by atoms with Gasteiger partial charge in [0.05, 0.1) is 0 Å². The van der Waals surface area contributed by atoms with Crippen LogP contribution in [0.3, 0.4) is 0 Å². The molecule has 0 bridgehead atoms. The predicted molar refractivity (Wildman–Crippen MR) is 83.0 cm³/mol. The summed E-state index contributed by atoms with van der Waals surface area (Å²) < 4.78 is 0. The maximum atomic E-state index is 4.35. The molecule has 0 heterocycles. The van der Waals surface area contributed by atoms with Gasteiger partial charge in [-0.1, -0.05) is 60.7 Å². The first kappa shape index (κ1) is 13.0. The molecule has 0 saturated carbocycles. The van der Waals surface area contributed by atoms with Gasteiger partial charge in [-0.05, 0) is 37.8 Å². The summed E-state index contributed by atoms with van der Waals surface area (Å²) in [7, 11) is -0.276. The van der Waals surface area contributed by atoms with Gasteiger partial charge in [0.2, 0.25) is 0 Å². The Morgan fingerprint density at radius 3 is 1.83 bits per heavy atom. The van der Waals surface area contributed by atoms with Crippen LogP contribution in [0.25, 0.3) is 0 Å². The largest absolute Gasteiger partial charge is 0.297 e. The van der Waals surface area contributed by atoms with E-state index in [4.69, 9.17) is 0 Å². The molecule has 0 N–H and O–H groups in total. The van der Waals surface area contributed by atoms with E-state index in [2.05, 4.69) is 65.7 Å². The molecule has 0 atom stereocenters. The minimum atomic E-state index is -0.276. The molecule has 0 unspecified atom stereocenters. The Bertz CT molecular complexity index is 439. The normalized spacial score (nSPS) is 11.2. The molecule has 0 spiro atoms. The van der Waals surface area contributed by atoms with Crippen molar-refractivity contribution in [3.8, 4) is 0 Å². The summed E-state index contributed by atoms with van der Waals surface area (Å²) in [4.78, 5) is 4.35. The van der Waals surface area contributed by atoms with E-state index in [1.165, 1.54) is 10.6 Å². The molecular formula is C16H18NP. The number of benzene rings is 2. The third kappa shape index (κ3) is 3.51. The molecule has 2 heteroatoms. The molecule has 0 aliphatic carbocycles. The summed E-state index contributed by atoms with van der Waals surface area (Å²) in [6.45, 7) is 2.89. The van der Waals surface area contributed by atoms with Crippen molar-refractivity contribution in [1.29, 1.82) is 0 Å². The quantitative estimate of drug-likeness (QED) is 0.574. The fourth-order valence-corrected chi connectivity index (χ4v) is 4.10. The molecule has 0 aliphatic heterocycles. The van der Waals surface area contributed by atoms with Crippen molar-refractivity contribution in [3.05, 3.63) is 60.7 Å². The average molecular weight is 255 g/mol. The Morgan fingerprint density at radius 1 is 0.889 bits per heavy atom. The molecule has 0 amide bonds. The lowest BCUT2D eigenvalue weighted by Gasteiger charge is -2.17. The van der Waals surface area contributed by atoms with E-state index in [1.54, 1.807) is 0 Å². The molecule has 92 valence electrons. The first-order chi connectivity index (χ1) is 8.92. The molecule has 0 radical (unpaired) electrons. The Kier molecular flexibility index (Phi) is 5.11. The van der Waals surface area contributed by atoms with Crippen molar-refractivity contribution in [3.63, 3.8) is 0 Å². The van der Waals surface area contributed by atoms with Gasteiger partial charge in [-0.2, -0.15) is 0 Å². The van der Waals surface area contributed by atoms with Crippen LogP contribution in [0.15, 0.2) is 65.7 Å². The summed E-state index contributed by atoms with van der Waals surface area (Å²) in [5, 5.41) is 2.87. The number of aliphatic imine (C=N–C) groups is 1. The molecule has 18 heavy (non-hydrogen) atoms. The molecular weight excluding hydrogens is 237 g/mol. The summed E-state index contributed by atoms with van der Waals surface area (Å²) in [6.07, 6.45) is 3.01. The summed E-state index contributed by atoms with van der Waals surface area (Å²) in [5.41, 5.74) is 0. The van der Waals surface area contributed by atoms with E-state index in [1.807, 2.05) is 13.1 Å². The Hall–Kier alpha value is -1.46. The van der Waals surface area contributed by atoms with Gasteiger partial charge in [0.15, 0.2) is 0 Å². The van der Waals surface area contributed by atoms with Crippen LogP contribution in [-0.4, -0.2) is 18.9 Å². The summed E-state index contributed by atoms with van der Waals surface area (Å²) in [5.74, 6) is 0. The van der Waals surface area contributed by atoms with E-state index in [0.29, 0.717) is 0 Å². The van der Waals surface area contributed by atoms with Gasteiger partial charge in [-0.15, -0.1) is 0 Å². The van der Waals surface area contributed by atoms with Crippen LogP contribution < -0.4 is 10.6 Å². The zero-order valence-electron chi connectivity index (χ0n) is 10.7. The van der Waals surface area contributed by atoms with Crippen LogP contribution >= 0.6 is 7.92 Å². The highest BCUT2D eigenvalue weighted by molar-refractivity contribution is 7.73. The van der Waals surface area contributed by atoms with E-state index in [9.17, 15) is 0 Å². The molecule has 0 aromatic heterocycles. The highest BCUT2D eigenvalue weighted by atomic mass is 31.1. The zero-order valence-corrected chi connectivity index (χ0v) is 11.6. The van der Waals surface area contributed by atoms with Crippen LogP contribution in [0.2, 0.25) is 0 Å². The van der Waals surface area contributed by atoms with Gasteiger partial charge in [-0.25, -0.2) is 0 Å². The lowest BCUT2D eigenvalue weighted by molar-refractivity contribution is 1.15. The first-order valence-corrected chi connectivity index (χ1v) is 7.76. The van der Waals surface area contributed by atoms with E-state index < -0.39 is 0 Å². The molecule has 1 nitrogen and oxygen atoms in total. The predicted octanol–water partition coefficient (Wildman–Crippen LogP) is 3.21. The highest BCUT2D eigenvalue weighted by Gasteiger charge is 2.12. The van der Waals surface area contributed by atoms with Crippen molar-refractivity contribution < 1.29 is 0 Å². The van der Waals surface area contributed by atoms with Crippen LogP contribution in [0.1, 0.15) is 6.92 Å². The maximum Gasteiger partial charge on any atom is 0.0430 e. The summed E-state index contributed by atoms with van der Waals surface area (Å²) in [6, 6.07) is 21.6. The lowest BCUT2D eigenvalue weighted by Crippen LogP contribution is -2.14. The van der Waals surface area contributed by atoms with E-state index in [-0.39, 0.29) is 7.92 Å². The van der Waals surface area contributed by atoms with Crippen LogP contribution in [0, 0.1) is 0 Å². The second kappa shape index (κ2) is 7.08. The Labute approximate surface area is 110 Å². The zero-order chi connectivity index (χ0) is 12.6. The van der Waals surface area contributed by atoms with Crippen molar-refractivity contribution in [2.45, 2.75) is 6.92 Å². The minimum Gasteiger partial charge on any atom is -0.297 e. The van der Waals surface area contributed by atoms with Gasteiger partial charge in [0.1, 0.15) is 0 Å². The lowest BCUT2D eigenvalue weighted by atomic mass is 10.4. The highest BCUT2D eigenvalue weighted by Crippen LogP contribution is 2.32. The average Bonchev–Trinajstić information content (AvgIpc) is 2.46. The van der Waals surface area contributed by atoms with Gasteiger partial charge < -0.3 is 0 Å². The fraction of sp³-hybridized carbons (Fsp3) is 0.188. The maximum absolute atomic E-state index is 4.35. The number of hydrogen-bond acceptors (Lipinski definition) is 1. The van der Waals surface area contributed by atoms with Crippen molar-refractivity contribution in [1.82, 2.24) is 0 Å². The SMILES string of the molecule is CC=NCCP(c1ccccc1)c1ccccc1. The molecule has 0 fully saturated rings. The topological polar surface area (TPSA) is 12.4 Å². The molecule has 0 aliphatic rings. The second-order valence-electron chi connectivity index (χ2n) is 3.99. The standard InChI is InChI=1S/C16H18NP/c1-2-17-13-14-18(15-9-5-3-6-10-15)16-11-7-4-8-12-16/h2-12H,13-14H2,1H3. The molecule has 2 aromatic carbocycles. The molecule has 2 aromatic rings. The van der Waals surface area contributed by atoms with Gasteiger partial charge >= 0.3 is 0 Å². The molecule has 0 saturated heterocycles. The second-order valence-corrected chi connectivity index (χ2v) is 6.32. The Balaban J connectivity index is 2.23. The van der Waals surface area contributed by atoms with Crippen molar-refractivity contribution in [2.24, 2.45) is 4.99 Å². The monoisotopic (exact) mass is 255 g/mol. The van der Waals surface area contributed by atoms with Crippen molar-refractivity contribution in [2.75, 3.05) is 12.7 Å².